The van der Waals surface area contributed by atoms with E-state index in [0.717, 1.165) is 0 Å². The highest BCUT2D eigenvalue weighted by Crippen LogP contribution is 2.44. The van der Waals surface area contributed by atoms with E-state index in [4.69, 9.17) is 14.0 Å². The predicted molar refractivity (Wildman–Crippen MR) is 69.5 cm³/mol. The van der Waals surface area contributed by atoms with E-state index in [2.05, 4.69) is 9.12 Å². The van der Waals surface area contributed by atoms with Gasteiger partial charge in [-0.2, -0.15) is 9.12 Å². The summed E-state index contributed by atoms with van der Waals surface area (Å²) in [6.07, 6.45) is -0.308. The van der Waals surface area contributed by atoms with Gasteiger partial charge in [-0.1, -0.05) is 6.92 Å². The normalized spacial score (nSPS) is 35.3. The van der Waals surface area contributed by atoms with Gasteiger partial charge in [-0.25, -0.2) is 0 Å². The van der Waals surface area contributed by atoms with Gasteiger partial charge in [-0.3, -0.25) is 4.57 Å². The quantitative estimate of drug-likeness (QED) is 0.557. The van der Waals surface area contributed by atoms with Gasteiger partial charge in [-0.05, 0) is 0 Å². The van der Waals surface area contributed by atoms with Crippen LogP contribution in [0.15, 0.2) is 0 Å². The van der Waals surface area contributed by atoms with Crippen molar-refractivity contribution in [2.24, 2.45) is 5.92 Å². The molecule has 1 saturated heterocycles. The van der Waals surface area contributed by atoms with Crippen molar-refractivity contribution in [1.29, 1.82) is 0 Å². The minimum absolute atomic E-state index is 0.0155. The average Bonchev–Trinajstić information content (AvgIpc) is 2.44. The molecule has 5 atom stereocenters. The van der Waals surface area contributed by atoms with Crippen molar-refractivity contribution in [2.75, 3.05) is 27.0 Å². The van der Waals surface area contributed by atoms with Gasteiger partial charge >= 0.3 is 0 Å². The molecule has 16 heavy (non-hydrogen) atoms. The van der Waals surface area contributed by atoms with E-state index in [1.54, 1.807) is 20.4 Å². The average molecular weight is 265 g/mol. The lowest BCUT2D eigenvalue weighted by Gasteiger charge is -2.23. The van der Waals surface area contributed by atoms with Crippen LogP contribution < -0.4 is 0 Å². The first-order valence-corrected chi connectivity index (χ1v) is 8.50. The van der Waals surface area contributed by atoms with Crippen LogP contribution in [0.4, 0.5) is 0 Å². The van der Waals surface area contributed by atoms with Crippen molar-refractivity contribution < 1.29 is 18.6 Å². The molecule has 1 aliphatic rings. The maximum atomic E-state index is 11.7. The maximum absolute atomic E-state index is 11.7. The summed E-state index contributed by atoms with van der Waals surface area (Å²) in [7, 11) is 1.67. The Bertz CT molecular complexity index is 270. The summed E-state index contributed by atoms with van der Waals surface area (Å²) >= 11 is 0. The zero-order chi connectivity index (χ0) is 12.3. The Hall–Kier alpha value is 0.605. The predicted octanol–water partition coefficient (Wildman–Crippen LogP) is 1.41. The van der Waals surface area contributed by atoms with Gasteiger partial charge in [0.2, 0.25) is 0 Å². The second-order valence-electron chi connectivity index (χ2n) is 4.47. The Kier molecular flexibility index (Phi) is 5.48. The van der Waals surface area contributed by atoms with E-state index >= 15 is 0 Å². The van der Waals surface area contributed by atoms with Crippen molar-refractivity contribution in [3.05, 3.63) is 0 Å². The molecule has 7 heteroatoms. The smallest absolute Gasteiger partial charge is 0.197 e. The molecule has 0 aromatic carbocycles. The Morgan fingerprint density at radius 3 is 2.56 bits per heavy atom. The van der Waals surface area contributed by atoms with Gasteiger partial charge < -0.3 is 14.0 Å². The molecule has 4 nitrogen and oxygen atoms in total. The minimum atomic E-state index is -2.51. The zero-order valence-corrected chi connectivity index (χ0v) is 12.3. The molecular formula is C9H20BO4P2. The monoisotopic (exact) mass is 265 g/mol. The van der Waals surface area contributed by atoms with E-state index < -0.39 is 7.37 Å². The van der Waals surface area contributed by atoms with Crippen LogP contribution in [0, 0.1) is 5.92 Å². The van der Waals surface area contributed by atoms with Crippen LogP contribution in [0.2, 0.25) is 0 Å². The number of hydrogen-bond acceptors (Lipinski definition) is 4. The lowest BCUT2D eigenvalue weighted by molar-refractivity contribution is -0.00988. The fraction of sp³-hybridized carbons (Fsp3) is 1.00. The lowest BCUT2D eigenvalue weighted by atomic mass is 9.85. The molecule has 0 spiro atoms. The Labute approximate surface area is 101 Å². The van der Waals surface area contributed by atoms with Crippen LogP contribution in [0.25, 0.3) is 0 Å². The molecule has 0 aromatic rings. The summed E-state index contributed by atoms with van der Waals surface area (Å²) in [6.45, 7) is 7.68. The summed E-state index contributed by atoms with van der Waals surface area (Å²) in [5.74, 6) is 0.186. The highest BCUT2D eigenvalue weighted by Gasteiger charge is 2.43. The van der Waals surface area contributed by atoms with Crippen LogP contribution in [-0.2, 0) is 18.6 Å². The molecule has 0 aromatic heterocycles. The molecule has 1 rings (SSSR count). The maximum Gasteiger partial charge on any atom is 0.197 e. The standard InChI is InChI=1S/C9H20BO4P2/c1-6-8(14-16(3,4)11)7(5-12-2)13-9(6)10-15/h6-9H,5,15H2,1-4H3/t6?,7-,8-,9-/m1/s1. The number of rotatable bonds is 5. The van der Waals surface area contributed by atoms with Crippen molar-refractivity contribution in [3.8, 4) is 0 Å². The molecular weight excluding hydrogens is 245 g/mol. The summed E-state index contributed by atoms with van der Waals surface area (Å²) < 4.78 is 28.2. The summed E-state index contributed by atoms with van der Waals surface area (Å²) in [5.41, 5.74) is 0. The highest BCUT2D eigenvalue weighted by atomic mass is 31.2. The Balaban J connectivity index is 2.72. The summed E-state index contributed by atoms with van der Waals surface area (Å²) in [6, 6.07) is 0.0155. The minimum Gasteiger partial charge on any atom is -0.382 e. The molecule has 0 amide bonds. The van der Waals surface area contributed by atoms with Crippen molar-refractivity contribution in [3.63, 3.8) is 0 Å². The van der Waals surface area contributed by atoms with Crippen LogP contribution in [0.3, 0.4) is 0 Å². The number of hydrogen-bond donors (Lipinski definition) is 0. The van der Waals surface area contributed by atoms with Gasteiger partial charge in [0.25, 0.3) is 0 Å². The highest BCUT2D eigenvalue weighted by molar-refractivity contribution is 7.57. The molecule has 1 radical (unpaired) electrons. The molecule has 1 heterocycles. The Morgan fingerprint density at radius 2 is 2.12 bits per heavy atom. The third kappa shape index (κ3) is 3.82. The summed E-state index contributed by atoms with van der Waals surface area (Å²) in [4.78, 5) is 0. The number of ether oxygens (including phenoxy) is 2. The molecule has 0 aliphatic carbocycles. The first-order chi connectivity index (χ1) is 7.39. The molecule has 1 aliphatic heterocycles. The van der Waals surface area contributed by atoms with Crippen molar-refractivity contribution in [2.45, 2.75) is 25.1 Å². The molecule has 0 N–H and O–H groups in total. The zero-order valence-electron chi connectivity index (χ0n) is 10.3. The fourth-order valence-electron chi connectivity index (χ4n) is 1.90. The second-order valence-corrected chi connectivity index (χ2v) is 7.57. The van der Waals surface area contributed by atoms with E-state index in [-0.39, 0.29) is 24.1 Å². The molecule has 0 bridgehead atoms. The SMILES string of the molecule is COC[C@H]1O[C@@H]([B]P)C(C)[C@H]1OP(C)(C)=O. The van der Waals surface area contributed by atoms with E-state index in [1.165, 1.54) is 0 Å². The van der Waals surface area contributed by atoms with E-state index in [0.29, 0.717) is 6.61 Å². The molecule has 1 fully saturated rings. The molecule has 93 valence electrons. The third-order valence-corrected chi connectivity index (χ3v) is 3.76. The van der Waals surface area contributed by atoms with Crippen LogP contribution >= 0.6 is 16.5 Å². The van der Waals surface area contributed by atoms with E-state index in [1.807, 2.05) is 13.9 Å². The van der Waals surface area contributed by atoms with Gasteiger partial charge in [0, 0.05) is 32.4 Å². The van der Waals surface area contributed by atoms with Crippen LogP contribution in [-0.4, -0.2) is 52.3 Å². The third-order valence-electron chi connectivity index (χ3n) is 2.63. The topological polar surface area (TPSA) is 44.8 Å². The van der Waals surface area contributed by atoms with Gasteiger partial charge in [0.05, 0.1) is 12.7 Å². The lowest BCUT2D eigenvalue weighted by Crippen LogP contribution is -2.31. The number of methoxy groups -OCH3 is 1. The van der Waals surface area contributed by atoms with Gasteiger partial charge in [-0.15, -0.1) is 0 Å². The first kappa shape index (κ1) is 14.7. The summed E-state index contributed by atoms with van der Waals surface area (Å²) in [5, 5.41) is 0. The van der Waals surface area contributed by atoms with E-state index in [9.17, 15) is 4.57 Å². The van der Waals surface area contributed by atoms with Crippen molar-refractivity contribution in [1.82, 2.24) is 0 Å². The van der Waals surface area contributed by atoms with Crippen LogP contribution in [0.1, 0.15) is 6.92 Å². The molecule has 2 unspecified atom stereocenters. The van der Waals surface area contributed by atoms with Crippen LogP contribution in [0.5, 0.6) is 0 Å². The van der Waals surface area contributed by atoms with Gasteiger partial charge in [0.15, 0.2) is 14.4 Å². The fourth-order valence-corrected chi connectivity index (χ4v) is 3.26. The van der Waals surface area contributed by atoms with Crippen molar-refractivity contribution >= 4 is 23.5 Å². The second kappa shape index (κ2) is 5.97. The molecule has 0 saturated carbocycles. The Morgan fingerprint density at radius 1 is 1.50 bits per heavy atom. The largest absolute Gasteiger partial charge is 0.382 e. The first-order valence-electron chi connectivity index (χ1n) is 5.32. The van der Waals surface area contributed by atoms with Gasteiger partial charge in [0.1, 0.15) is 6.10 Å².